The number of hydrogen-bond donors (Lipinski definition) is 2. The van der Waals surface area contributed by atoms with E-state index in [0.29, 0.717) is 26.2 Å². The largest absolute Gasteiger partial charge is 0.338 e. The molecule has 1 saturated heterocycles. The second-order valence-corrected chi connectivity index (χ2v) is 11.7. The molecule has 0 aromatic heterocycles. The fourth-order valence-electron chi connectivity index (χ4n) is 6.60. The lowest BCUT2D eigenvalue weighted by Gasteiger charge is -2.37. The van der Waals surface area contributed by atoms with Crippen molar-refractivity contribution in [2.24, 2.45) is 5.73 Å². The molecule has 0 bridgehead atoms. The van der Waals surface area contributed by atoms with E-state index in [1.807, 2.05) is 6.07 Å². The zero-order valence-corrected chi connectivity index (χ0v) is 22.3. The fourth-order valence-corrected chi connectivity index (χ4v) is 6.60. The van der Waals surface area contributed by atoms with E-state index in [2.05, 4.69) is 35.7 Å². The fraction of sp³-hybridized carbons (Fsp3) is 0.533. The zero-order valence-electron chi connectivity index (χ0n) is 22.3. The third-order valence-corrected chi connectivity index (χ3v) is 9.23. The van der Waals surface area contributed by atoms with E-state index in [1.165, 1.54) is 43.7 Å². The number of carbonyl (C=O) groups is 2. The Balaban J connectivity index is 1.17. The lowest BCUT2D eigenvalue weighted by Crippen LogP contribution is -2.55. The first-order valence-electron chi connectivity index (χ1n) is 14.1. The van der Waals surface area contributed by atoms with Crippen molar-refractivity contribution in [1.82, 2.24) is 14.8 Å². The van der Waals surface area contributed by atoms with Gasteiger partial charge in [0.15, 0.2) is 0 Å². The summed E-state index contributed by atoms with van der Waals surface area (Å²) in [4.78, 5) is 29.0. The molecule has 2 amide bonds. The Morgan fingerprint density at radius 3 is 2.11 bits per heavy atom. The van der Waals surface area contributed by atoms with Crippen LogP contribution in [0.1, 0.15) is 73.7 Å². The van der Waals surface area contributed by atoms with Crippen LogP contribution in [0.5, 0.6) is 0 Å². The number of anilines is 1. The number of halogens is 1. The van der Waals surface area contributed by atoms with E-state index < -0.39 is 11.4 Å². The van der Waals surface area contributed by atoms with Gasteiger partial charge < -0.3 is 21.0 Å². The van der Waals surface area contributed by atoms with Crippen LogP contribution >= 0.6 is 0 Å². The van der Waals surface area contributed by atoms with Crippen molar-refractivity contribution < 1.29 is 14.0 Å². The van der Waals surface area contributed by atoms with Crippen LogP contribution in [-0.4, -0.2) is 65.4 Å². The predicted molar refractivity (Wildman–Crippen MR) is 146 cm³/mol. The third-order valence-electron chi connectivity index (χ3n) is 9.23. The molecule has 0 radical (unpaired) electrons. The molecule has 0 atom stereocenters. The summed E-state index contributed by atoms with van der Waals surface area (Å²) < 4.78 is 15.3. The van der Waals surface area contributed by atoms with E-state index in [1.54, 1.807) is 15.9 Å². The van der Waals surface area contributed by atoms with Gasteiger partial charge in [-0.3, -0.25) is 9.59 Å². The number of nitrogens with zero attached hydrogens (tertiary/aromatic N) is 3. The number of hydrazine groups is 1. The second kappa shape index (κ2) is 9.65. The number of carbonyl (C=O) groups excluding carboxylic acids is 2. The molecule has 2 heterocycles. The van der Waals surface area contributed by atoms with Crippen molar-refractivity contribution in [3.63, 3.8) is 0 Å². The van der Waals surface area contributed by atoms with E-state index in [4.69, 9.17) is 5.73 Å². The number of benzene rings is 2. The van der Waals surface area contributed by atoms with Gasteiger partial charge in [0.05, 0.1) is 22.3 Å². The summed E-state index contributed by atoms with van der Waals surface area (Å²) in [5.41, 5.74) is 13.1. The maximum absolute atomic E-state index is 15.3. The van der Waals surface area contributed by atoms with Crippen molar-refractivity contribution >= 4 is 17.5 Å². The van der Waals surface area contributed by atoms with Crippen LogP contribution in [-0.2, 0) is 10.3 Å². The van der Waals surface area contributed by atoms with Crippen LogP contribution in [0.4, 0.5) is 10.1 Å². The first-order valence-corrected chi connectivity index (χ1v) is 14.1. The molecule has 3 fully saturated rings. The minimum Gasteiger partial charge on any atom is -0.338 e. The van der Waals surface area contributed by atoms with Gasteiger partial charge in [0.2, 0.25) is 5.91 Å². The molecular formula is C30H38FN5O2. The zero-order chi connectivity index (χ0) is 26.5. The number of rotatable bonds is 3. The first-order chi connectivity index (χ1) is 18.3. The minimum atomic E-state index is -0.702. The molecule has 2 saturated carbocycles. The van der Waals surface area contributed by atoms with Gasteiger partial charge in [0.25, 0.3) is 5.91 Å². The summed E-state index contributed by atoms with van der Waals surface area (Å²) in [7, 11) is 2.14. The molecule has 2 aromatic carbocycles. The van der Waals surface area contributed by atoms with Gasteiger partial charge in [-0.05, 0) is 60.6 Å². The normalized spacial score (nSPS) is 22.4. The summed E-state index contributed by atoms with van der Waals surface area (Å²) >= 11 is 0. The van der Waals surface area contributed by atoms with Gasteiger partial charge in [-0.15, -0.1) is 0 Å². The van der Waals surface area contributed by atoms with Crippen molar-refractivity contribution in [2.75, 3.05) is 38.7 Å². The number of amides is 2. The Bertz CT molecular complexity index is 1240. The predicted octanol–water partition coefficient (Wildman–Crippen LogP) is 4.48. The summed E-state index contributed by atoms with van der Waals surface area (Å²) in [5, 5.41) is 2.28. The van der Waals surface area contributed by atoms with Crippen molar-refractivity contribution in [3.8, 4) is 11.1 Å². The van der Waals surface area contributed by atoms with Crippen LogP contribution in [0.25, 0.3) is 11.1 Å². The standard InChI is InChI=1S/C30H38FN5O2/c1-34-30(11-5-3-2-4-6-12-30)24-10-8-22(20-26(24)33-34)21-7-9-23(25(31)19-21)27(37)35-15-17-36(18-16-35)28(38)29(32)13-14-29/h7-10,19-20,33H,2-6,11-18,32H2,1H3. The molecule has 38 heavy (non-hydrogen) atoms. The van der Waals surface area contributed by atoms with Gasteiger partial charge in [0, 0.05) is 33.2 Å². The molecule has 4 aliphatic rings. The summed E-state index contributed by atoms with van der Waals surface area (Å²) in [6.07, 6.45) is 10.1. The summed E-state index contributed by atoms with van der Waals surface area (Å²) in [6, 6.07) is 11.3. The highest BCUT2D eigenvalue weighted by Crippen LogP contribution is 2.48. The average molecular weight is 520 g/mol. The molecule has 7 nitrogen and oxygen atoms in total. The Morgan fingerprint density at radius 2 is 1.45 bits per heavy atom. The van der Waals surface area contributed by atoms with Crippen LogP contribution in [0.3, 0.4) is 0 Å². The highest BCUT2D eigenvalue weighted by Gasteiger charge is 2.48. The van der Waals surface area contributed by atoms with Crippen molar-refractivity contribution in [3.05, 3.63) is 53.3 Å². The van der Waals surface area contributed by atoms with Gasteiger partial charge in [-0.25, -0.2) is 9.40 Å². The van der Waals surface area contributed by atoms with Crippen LogP contribution in [0.2, 0.25) is 0 Å². The highest BCUT2D eigenvalue weighted by atomic mass is 19.1. The smallest absolute Gasteiger partial charge is 0.256 e. The van der Waals surface area contributed by atoms with E-state index in [-0.39, 0.29) is 22.9 Å². The monoisotopic (exact) mass is 519 g/mol. The van der Waals surface area contributed by atoms with Crippen molar-refractivity contribution in [1.29, 1.82) is 0 Å². The molecule has 3 N–H and O–H groups in total. The van der Waals surface area contributed by atoms with Gasteiger partial charge in [-0.1, -0.05) is 50.3 Å². The van der Waals surface area contributed by atoms with Gasteiger partial charge in [0.1, 0.15) is 5.82 Å². The quantitative estimate of drug-likeness (QED) is 0.625. The van der Waals surface area contributed by atoms with Crippen LogP contribution in [0.15, 0.2) is 36.4 Å². The Morgan fingerprint density at radius 1 is 0.842 bits per heavy atom. The number of fused-ring (bicyclic) bond motifs is 2. The molecule has 2 aliphatic heterocycles. The number of hydrogen-bond acceptors (Lipinski definition) is 5. The van der Waals surface area contributed by atoms with Crippen molar-refractivity contribution in [2.45, 2.75) is 68.9 Å². The molecule has 2 aromatic rings. The van der Waals surface area contributed by atoms with E-state index >= 15 is 4.39 Å². The number of piperazine rings is 1. The van der Waals surface area contributed by atoms with Crippen LogP contribution < -0.4 is 11.2 Å². The maximum Gasteiger partial charge on any atom is 0.256 e. The molecule has 1 spiro atoms. The molecule has 0 unspecified atom stereocenters. The Labute approximate surface area is 224 Å². The van der Waals surface area contributed by atoms with Gasteiger partial charge >= 0.3 is 0 Å². The van der Waals surface area contributed by atoms with Gasteiger partial charge in [-0.2, -0.15) is 0 Å². The molecule has 8 heteroatoms. The highest BCUT2D eigenvalue weighted by molar-refractivity contribution is 5.95. The number of nitrogens with one attached hydrogen (secondary N) is 1. The Kier molecular flexibility index (Phi) is 6.43. The topological polar surface area (TPSA) is 81.9 Å². The third kappa shape index (κ3) is 4.37. The van der Waals surface area contributed by atoms with E-state index in [0.717, 1.165) is 42.5 Å². The average Bonchev–Trinajstić information content (AvgIpc) is 3.60. The SMILES string of the molecule is CN1Nc2cc(-c3ccc(C(=O)N4CCN(C(=O)C5(N)CC5)CC4)c(F)c3)ccc2C12CCCCCCC2. The second-order valence-electron chi connectivity index (χ2n) is 11.7. The molecular weight excluding hydrogens is 481 g/mol. The lowest BCUT2D eigenvalue weighted by atomic mass is 9.78. The van der Waals surface area contributed by atoms with Crippen LogP contribution in [0, 0.1) is 5.82 Å². The molecule has 202 valence electrons. The molecule has 2 aliphatic carbocycles. The Hall–Kier alpha value is -2.97. The summed E-state index contributed by atoms with van der Waals surface area (Å²) in [6.45, 7) is 1.63. The minimum absolute atomic E-state index is 0.0217. The maximum atomic E-state index is 15.3. The lowest BCUT2D eigenvalue weighted by molar-refractivity contribution is -0.135. The first kappa shape index (κ1) is 25.3. The number of nitrogens with two attached hydrogens (primary N) is 1. The summed E-state index contributed by atoms with van der Waals surface area (Å²) in [5.74, 6) is -0.888. The van der Waals surface area contributed by atoms with E-state index in [9.17, 15) is 9.59 Å². The molecule has 6 rings (SSSR count).